The molecule has 0 amide bonds. The highest BCUT2D eigenvalue weighted by Crippen LogP contribution is 2.59. The van der Waals surface area contributed by atoms with Gasteiger partial charge >= 0.3 is 0 Å². The van der Waals surface area contributed by atoms with Gasteiger partial charge in [-0.05, 0) is 144 Å². The summed E-state index contributed by atoms with van der Waals surface area (Å²) in [6.45, 7) is 0. The molecule has 3 aliphatic carbocycles. The van der Waals surface area contributed by atoms with Crippen LogP contribution in [0.4, 0.5) is 0 Å². The van der Waals surface area contributed by atoms with Crippen molar-refractivity contribution < 1.29 is 9.59 Å². The molecular weight excluding hydrogens is 673 g/mol. The lowest BCUT2D eigenvalue weighted by atomic mass is 9.62. The number of H-pyrrole nitrogens is 4. The molecule has 4 N–H and O–H groups in total. The molecule has 54 heavy (non-hydrogen) atoms. The molecule has 7 aliphatic rings. The first-order valence-electron chi connectivity index (χ1n) is 17.8. The lowest BCUT2D eigenvalue weighted by Gasteiger charge is -2.35. The van der Waals surface area contributed by atoms with Crippen LogP contribution in [0.2, 0.25) is 0 Å². The number of fused-ring (bicyclic) bond motifs is 17. The van der Waals surface area contributed by atoms with Crippen LogP contribution in [0.5, 0.6) is 0 Å². The number of hydrogen-bond donors (Lipinski definition) is 4. The second-order valence-corrected chi connectivity index (χ2v) is 14.2. The van der Waals surface area contributed by atoms with Crippen molar-refractivity contribution in [3.63, 3.8) is 0 Å². The monoisotopic (exact) mass is 698 g/mol. The molecule has 4 aliphatic heterocycles. The maximum Gasteiger partial charge on any atom is 0.211 e. The Kier molecular flexibility index (Phi) is 5.70. The van der Waals surface area contributed by atoms with E-state index in [0.717, 1.165) is 94.9 Å². The number of allylic oxidation sites excluding steroid dienone is 2. The second kappa shape index (κ2) is 10.5. The van der Waals surface area contributed by atoms with E-state index in [9.17, 15) is 9.59 Å². The Hall–Kier alpha value is -7.46. The van der Waals surface area contributed by atoms with E-state index in [1.807, 2.05) is 121 Å². The molecular formula is C44H26N8O2. The molecule has 0 saturated carbocycles. The molecule has 6 aromatic rings. The van der Waals surface area contributed by atoms with Crippen molar-refractivity contribution in [1.82, 2.24) is 39.9 Å². The fourth-order valence-electron chi connectivity index (χ4n) is 8.56. The van der Waals surface area contributed by atoms with Gasteiger partial charge in [0.1, 0.15) is 0 Å². The van der Waals surface area contributed by atoms with Crippen LogP contribution in [0.15, 0.2) is 84.9 Å². The largest absolute Gasteiger partial charge is 0.355 e. The van der Waals surface area contributed by atoms with Gasteiger partial charge < -0.3 is 19.9 Å². The normalized spacial score (nSPS) is 17.8. The van der Waals surface area contributed by atoms with Crippen molar-refractivity contribution >= 4 is 103 Å². The Morgan fingerprint density at radius 2 is 0.759 bits per heavy atom. The fraction of sp³-hybridized carbons (Fsp3) is 0.0455. The number of carbonyl (C=O) groups is 2. The van der Waals surface area contributed by atoms with E-state index in [1.54, 1.807) is 0 Å². The van der Waals surface area contributed by atoms with E-state index in [1.165, 1.54) is 0 Å². The first-order valence-corrected chi connectivity index (χ1v) is 17.8. The molecule has 10 heterocycles. The van der Waals surface area contributed by atoms with Gasteiger partial charge in [0, 0.05) is 44.1 Å². The van der Waals surface area contributed by atoms with Gasteiger partial charge in [-0.1, -0.05) is 0 Å². The summed E-state index contributed by atoms with van der Waals surface area (Å²) in [7, 11) is 0. The van der Waals surface area contributed by atoms with E-state index in [4.69, 9.17) is 19.9 Å². The molecule has 10 heteroatoms. The molecule has 10 nitrogen and oxygen atoms in total. The van der Waals surface area contributed by atoms with Gasteiger partial charge in [0.25, 0.3) is 0 Å². The molecule has 18 bridgehead atoms. The van der Waals surface area contributed by atoms with Crippen LogP contribution in [0, 0.1) is 0 Å². The maximum absolute atomic E-state index is 14.3. The first kappa shape index (κ1) is 29.2. The number of aromatic nitrogens is 8. The number of aromatic amines is 4. The topological polar surface area (TPSA) is 149 Å². The van der Waals surface area contributed by atoms with Crippen molar-refractivity contribution in [3.05, 3.63) is 142 Å². The first-order chi connectivity index (χ1) is 26.5. The van der Waals surface area contributed by atoms with Gasteiger partial charge in [-0.15, -0.1) is 0 Å². The number of Topliss-reactive ketones (excluding diaryl/α,β-unsaturated/α-hetero) is 2. The Balaban J connectivity index is 1.17. The van der Waals surface area contributed by atoms with Gasteiger partial charge in [-0.3, -0.25) is 9.59 Å². The number of nitrogens with zero attached hydrogens (tertiary/aromatic N) is 4. The minimum atomic E-state index is -0.868. The fourth-order valence-corrected chi connectivity index (χ4v) is 8.56. The number of carbonyl (C=O) groups excluding carboxylic acids is 2. The summed E-state index contributed by atoms with van der Waals surface area (Å²) in [5.74, 6) is -2.60. The zero-order valence-electron chi connectivity index (χ0n) is 28.3. The van der Waals surface area contributed by atoms with Gasteiger partial charge in [-0.2, -0.15) is 0 Å². The standard InChI is InChI=1S/C44H26N8O2/c53-43-41-37-33-17-29-9-5-25(47-29)13-21-1-2-22(45-21)14-26-6-10-30(48-26)18-34(51-33)38(37)42(44(43)54)40-36-20-32-12-8-28(50-32)16-24-4-3-23(46-24)15-27-7-11-31(49-27)19-35(52-36)39(40)41/h1-20,41-42,45,47,49,52H. The van der Waals surface area contributed by atoms with Crippen LogP contribution in [-0.2, 0) is 9.59 Å². The van der Waals surface area contributed by atoms with Crippen molar-refractivity contribution in [2.75, 3.05) is 0 Å². The smallest absolute Gasteiger partial charge is 0.211 e. The van der Waals surface area contributed by atoms with E-state index in [-0.39, 0.29) is 0 Å². The van der Waals surface area contributed by atoms with Crippen LogP contribution in [0.25, 0.3) is 91.7 Å². The van der Waals surface area contributed by atoms with Gasteiger partial charge in [-0.25, -0.2) is 19.9 Å². The van der Waals surface area contributed by atoms with Crippen molar-refractivity contribution in [3.8, 4) is 0 Å². The molecule has 0 saturated heterocycles. The van der Waals surface area contributed by atoms with Crippen LogP contribution in [0.3, 0.4) is 0 Å². The number of rotatable bonds is 0. The highest BCUT2D eigenvalue weighted by molar-refractivity contribution is 6.50. The van der Waals surface area contributed by atoms with Crippen molar-refractivity contribution in [1.29, 1.82) is 0 Å². The summed E-state index contributed by atoms with van der Waals surface area (Å²) < 4.78 is 0. The third-order valence-corrected chi connectivity index (χ3v) is 10.8. The molecule has 2 unspecified atom stereocenters. The number of hydrogen-bond acceptors (Lipinski definition) is 6. The SMILES string of the molecule is O=C1C(=O)C2C3=C(c4cc5nc(cc6ccc(cc7ccc(cc3n4)[nH]7)[nH]6)C=C5)C1c1c2c2cc3ccc(cc4nc(cc5nc(cc1[nH]2)C=C5)C=C4)[nH]3. The predicted molar refractivity (Wildman–Crippen MR) is 211 cm³/mol. The molecule has 2 atom stereocenters. The third kappa shape index (κ3) is 4.40. The molecule has 13 rings (SSSR count). The highest BCUT2D eigenvalue weighted by Gasteiger charge is 2.54. The molecule has 254 valence electrons. The predicted octanol–water partition coefficient (Wildman–Crippen LogP) is 8.40. The second-order valence-electron chi connectivity index (χ2n) is 14.2. The minimum Gasteiger partial charge on any atom is -0.355 e. The summed E-state index contributed by atoms with van der Waals surface area (Å²) in [5.41, 5.74) is 15.8. The van der Waals surface area contributed by atoms with Crippen molar-refractivity contribution in [2.24, 2.45) is 0 Å². The number of nitrogens with one attached hydrogen (secondary N) is 4. The quantitative estimate of drug-likeness (QED) is 0.117. The van der Waals surface area contributed by atoms with E-state index in [0.29, 0.717) is 17.1 Å². The lowest BCUT2D eigenvalue weighted by Crippen LogP contribution is -2.38. The average molecular weight is 699 g/mol. The van der Waals surface area contributed by atoms with Gasteiger partial charge in [0.2, 0.25) is 11.6 Å². The average Bonchev–Trinajstić information content (AvgIpc) is 4.00. The molecule has 6 aromatic heterocycles. The molecule has 0 fully saturated rings. The van der Waals surface area contributed by atoms with E-state index < -0.39 is 23.4 Å². The minimum absolute atomic E-state index is 0.432. The summed E-state index contributed by atoms with van der Waals surface area (Å²) in [6, 6.07) is 27.9. The molecule has 0 aromatic carbocycles. The summed E-state index contributed by atoms with van der Waals surface area (Å²) in [6.07, 6.45) is 11.8. The van der Waals surface area contributed by atoms with E-state index >= 15 is 0 Å². The highest BCUT2D eigenvalue weighted by atomic mass is 16.2. The van der Waals surface area contributed by atoms with Gasteiger partial charge in [0.05, 0.1) is 57.4 Å². The summed E-state index contributed by atoms with van der Waals surface area (Å²) in [5, 5.41) is 0. The third-order valence-electron chi connectivity index (χ3n) is 10.8. The van der Waals surface area contributed by atoms with Crippen LogP contribution < -0.4 is 0 Å². The lowest BCUT2D eigenvalue weighted by molar-refractivity contribution is -0.137. The van der Waals surface area contributed by atoms with Crippen LogP contribution >= 0.6 is 0 Å². The zero-order valence-corrected chi connectivity index (χ0v) is 28.3. The Morgan fingerprint density at radius 3 is 1.30 bits per heavy atom. The van der Waals surface area contributed by atoms with Crippen LogP contribution in [-0.4, -0.2) is 51.4 Å². The van der Waals surface area contributed by atoms with Crippen LogP contribution in [0.1, 0.15) is 68.5 Å². The summed E-state index contributed by atoms with van der Waals surface area (Å²) >= 11 is 0. The van der Waals surface area contributed by atoms with Gasteiger partial charge in [0.15, 0.2) is 0 Å². The molecule has 0 spiro atoms. The Morgan fingerprint density at radius 1 is 0.370 bits per heavy atom. The Labute approximate surface area is 305 Å². The molecule has 0 radical (unpaired) electrons. The van der Waals surface area contributed by atoms with Crippen molar-refractivity contribution in [2.45, 2.75) is 11.8 Å². The maximum atomic E-state index is 14.3. The zero-order chi connectivity index (χ0) is 35.7. The van der Waals surface area contributed by atoms with E-state index in [2.05, 4.69) is 19.9 Å². The number of ketones is 2. The summed E-state index contributed by atoms with van der Waals surface area (Å²) in [4.78, 5) is 62.4. The Bertz CT molecular complexity index is 3230.